The number of hydrogen-bond acceptors (Lipinski definition) is 3. The summed E-state index contributed by atoms with van der Waals surface area (Å²) in [5, 5.41) is 2.84. The highest BCUT2D eigenvalue weighted by atomic mass is 16.2. The molecule has 0 spiro atoms. The Morgan fingerprint density at radius 1 is 1.33 bits per heavy atom. The lowest BCUT2D eigenvalue weighted by Gasteiger charge is -2.33. The van der Waals surface area contributed by atoms with E-state index in [0.29, 0.717) is 6.54 Å². The molecule has 15 heavy (non-hydrogen) atoms. The van der Waals surface area contributed by atoms with E-state index in [9.17, 15) is 4.79 Å². The van der Waals surface area contributed by atoms with Crippen LogP contribution in [-0.4, -0.2) is 23.5 Å². The van der Waals surface area contributed by atoms with Crippen LogP contribution in [0.25, 0.3) is 0 Å². The molecule has 0 saturated heterocycles. The lowest BCUT2D eigenvalue weighted by Crippen LogP contribution is -2.57. The van der Waals surface area contributed by atoms with Gasteiger partial charge in [-0.25, -0.2) is 0 Å². The van der Waals surface area contributed by atoms with Gasteiger partial charge in [0.15, 0.2) is 0 Å². The summed E-state index contributed by atoms with van der Waals surface area (Å²) >= 11 is 0. The third-order valence-corrected chi connectivity index (χ3v) is 2.90. The monoisotopic (exact) mass is 213 g/mol. The fraction of sp³-hybridized carbons (Fsp3) is 0.909. The van der Waals surface area contributed by atoms with Gasteiger partial charge in [-0.2, -0.15) is 0 Å². The molecule has 0 bridgehead atoms. The quantitative estimate of drug-likeness (QED) is 0.638. The van der Waals surface area contributed by atoms with Crippen LogP contribution in [0.1, 0.15) is 46.0 Å². The number of hydrogen-bond donors (Lipinski definition) is 3. The smallest absolute Gasteiger partial charge is 0.240 e. The van der Waals surface area contributed by atoms with Crippen LogP contribution in [0, 0.1) is 0 Å². The number of rotatable bonds is 3. The molecule has 4 heteroatoms. The van der Waals surface area contributed by atoms with Crippen LogP contribution < -0.4 is 16.8 Å². The van der Waals surface area contributed by atoms with Crippen LogP contribution in [-0.2, 0) is 4.79 Å². The molecule has 88 valence electrons. The van der Waals surface area contributed by atoms with Gasteiger partial charge in [-0.1, -0.05) is 19.3 Å². The van der Waals surface area contributed by atoms with Crippen molar-refractivity contribution in [2.75, 3.05) is 6.54 Å². The summed E-state index contributed by atoms with van der Waals surface area (Å²) < 4.78 is 0. The summed E-state index contributed by atoms with van der Waals surface area (Å²) in [6, 6.07) is 0. The average Bonchev–Trinajstić information content (AvgIpc) is 2.14. The fourth-order valence-corrected chi connectivity index (χ4v) is 1.89. The molecular formula is C11H23N3O. The van der Waals surface area contributed by atoms with Gasteiger partial charge in [-0.15, -0.1) is 0 Å². The first-order chi connectivity index (χ1) is 6.83. The first-order valence-corrected chi connectivity index (χ1v) is 5.70. The van der Waals surface area contributed by atoms with Crippen molar-refractivity contribution in [3.63, 3.8) is 0 Å². The lowest BCUT2D eigenvalue weighted by molar-refractivity contribution is -0.127. The summed E-state index contributed by atoms with van der Waals surface area (Å²) in [6.45, 7) is 4.25. The minimum atomic E-state index is -0.649. The van der Waals surface area contributed by atoms with Gasteiger partial charge in [0.1, 0.15) is 0 Å². The molecule has 0 aromatic heterocycles. The van der Waals surface area contributed by atoms with Crippen LogP contribution >= 0.6 is 0 Å². The Labute approximate surface area is 91.8 Å². The third kappa shape index (κ3) is 3.80. The van der Waals surface area contributed by atoms with Crippen LogP contribution in [0.3, 0.4) is 0 Å². The standard InChI is InChI=1S/C11H23N3O/c1-10(2,12)8-14-9(15)11(13)6-4-3-5-7-11/h3-8,12-13H2,1-2H3,(H,14,15). The van der Waals surface area contributed by atoms with Gasteiger partial charge in [0, 0.05) is 12.1 Å². The second-order valence-electron chi connectivity index (χ2n) is 5.39. The molecule has 1 amide bonds. The molecule has 1 aliphatic carbocycles. The molecule has 0 aliphatic heterocycles. The third-order valence-electron chi connectivity index (χ3n) is 2.90. The molecular weight excluding hydrogens is 190 g/mol. The minimum absolute atomic E-state index is 0.0410. The van der Waals surface area contributed by atoms with Crippen LogP contribution in [0.2, 0.25) is 0 Å². The number of carbonyl (C=O) groups excluding carboxylic acids is 1. The van der Waals surface area contributed by atoms with Crippen molar-refractivity contribution in [1.82, 2.24) is 5.32 Å². The van der Waals surface area contributed by atoms with E-state index in [1.807, 2.05) is 13.8 Å². The first kappa shape index (κ1) is 12.5. The second-order valence-corrected chi connectivity index (χ2v) is 5.39. The number of carbonyl (C=O) groups is 1. The summed E-state index contributed by atoms with van der Waals surface area (Å²) in [5.41, 5.74) is 10.9. The van der Waals surface area contributed by atoms with Crippen molar-refractivity contribution in [2.24, 2.45) is 11.5 Å². The number of nitrogens with two attached hydrogens (primary N) is 2. The molecule has 0 heterocycles. The molecule has 0 aromatic carbocycles. The largest absolute Gasteiger partial charge is 0.353 e. The molecule has 1 rings (SSSR count). The maximum atomic E-state index is 11.9. The highest BCUT2D eigenvalue weighted by molar-refractivity contribution is 5.86. The molecule has 5 N–H and O–H groups in total. The Bertz CT molecular complexity index is 226. The fourth-order valence-electron chi connectivity index (χ4n) is 1.89. The SMILES string of the molecule is CC(C)(N)CNC(=O)C1(N)CCCCC1. The highest BCUT2D eigenvalue weighted by Gasteiger charge is 2.35. The zero-order valence-electron chi connectivity index (χ0n) is 9.81. The summed E-state index contributed by atoms with van der Waals surface area (Å²) in [5.74, 6) is -0.0410. The van der Waals surface area contributed by atoms with Crippen molar-refractivity contribution < 1.29 is 4.79 Å². The minimum Gasteiger partial charge on any atom is -0.353 e. The van der Waals surface area contributed by atoms with Crippen LogP contribution in [0.15, 0.2) is 0 Å². The van der Waals surface area contributed by atoms with E-state index >= 15 is 0 Å². The Morgan fingerprint density at radius 3 is 2.33 bits per heavy atom. The van der Waals surface area contributed by atoms with Gasteiger partial charge < -0.3 is 16.8 Å². The van der Waals surface area contributed by atoms with Gasteiger partial charge in [-0.05, 0) is 26.7 Å². The van der Waals surface area contributed by atoms with Crippen molar-refractivity contribution in [1.29, 1.82) is 0 Å². The van der Waals surface area contributed by atoms with E-state index in [2.05, 4.69) is 5.32 Å². The van der Waals surface area contributed by atoms with Gasteiger partial charge in [0.25, 0.3) is 0 Å². The van der Waals surface area contributed by atoms with Gasteiger partial charge in [0.2, 0.25) is 5.91 Å². The molecule has 4 nitrogen and oxygen atoms in total. The molecule has 0 atom stereocenters. The average molecular weight is 213 g/mol. The van der Waals surface area contributed by atoms with Crippen LogP contribution in [0.4, 0.5) is 0 Å². The zero-order chi connectivity index (χ0) is 11.5. The Balaban J connectivity index is 2.45. The Morgan fingerprint density at radius 2 is 1.87 bits per heavy atom. The Kier molecular flexibility index (Phi) is 3.73. The first-order valence-electron chi connectivity index (χ1n) is 5.70. The normalized spacial score (nSPS) is 21.1. The maximum Gasteiger partial charge on any atom is 0.240 e. The summed E-state index contributed by atoms with van der Waals surface area (Å²) in [4.78, 5) is 11.9. The van der Waals surface area contributed by atoms with Gasteiger partial charge in [0.05, 0.1) is 5.54 Å². The number of amides is 1. The molecule has 1 fully saturated rings. The van der Waals surface area contributed by atoms with E-state index in [1.54, 1.807) is 0 Å². The molecule has 0 radical (unpaired) electrons. The summed E-state index contributed by atoms with van der Waals surface area (Å²) in [6.07, 6.45) is 4.88. The second kappa shape index (κ2) is 4.49. The van der Waals surface area contributed by atoms with Gasteiger partial charge >= 0.3 is 0 Å². The van der Waals surface area contributed by atoms with Crippen molar-refractivity contribution >= 4 is 5.91 Å². The topological polar surface area (TPSA) is 81.1 Å². The van der Waals surface area contributed by atoms with E-state index in [4.69, 9.17) is 11.5 Å². The van der Waals surface area contributed by atoms with E-state index in [0.717, 1.165) is 25.7 Å². The van der Waals surface area contributed by atoms with Crippen molar-refractivity contribution in [3.05, 3.63) is 0 Å². The van der Waals surface area contributed by atoms with E-state index < -0.39 is 5.54 Å². The maximum absolute atomic E-state index is 11.9. The molecule has 0 aromatic rings. The molecule has 1 aliphatic rings. The highest BCUT2D eigenvalue weighted by Crippen LogP contribution is 2.25. The van der Waals surface area contributed by atoms with Gasteiger partial charge in [-0.3, -0.25) is 4.79 Å². The van der Waals surface area contributed by atoms with E-state index in [-0.39, 0.29) is 11.4 Å². The van der Waals surface area contributed by atoms with E-state index in [1.165, 1.54) is 6.42 Å². The molecule has 1 saturated carbocycles. The van der Waals surface area contributed by atoms with Crippen molar-refractivity contribution in [3.8, 4) is 0 Å². The predicted molar refractivity (Wildman–Crippen MR) is 61.3 cm³/mol. The Hall–Kier alpha value is -0.610. The lowest BCUT2D eigenvalue weighted by atomic mass is 9.82. The molecule has 0 unspecified atom stereocenters. The predicted octanol–water partition coefficient (Wildman–Crippen LogP) is 0.502. The number of nitrogens with one attached hydrogen (secondary N) is 1. The summed E-state index contributed by atoms with van der Waals surface area (Å²) in [7, 11) is 0. The van der Waals surface area contributed by atoms with Crippen LogP contribution in [0.5, 0.6) is 0 Å². The zero-order valence-corrected chi connectivity index (χ0v) is 9.81. The van der Waals surface area contributed by atoms with Crippen molar-refractivity contribution in [2.45, 2.75) is 57.0 Å².